The number of benzene rings is 2. The molecule has 0 unspecified atom stereocenters. The highest BCUT2D eigenvalue weighted by Gasteiger charge is 2.11. The molecule has 0 bridgehead atoms. The van der Waals surface area contributed by atoms with Gasteiger partial charge in [0.05, 0.1) is 5.56 Å². The number of hydrogen-bond acceptors (Lipinski definition) is 3. The standard InChI is InChI=1S/C14H13NO3/c1-9-12(14(16)17)3-2-4-13(9)18-11-7-5-10(15)6-8-11/h2-8H,15H2,1H3,(H,16,17). The van der Waals surface area contributed by atoms with Gasteiger partial charge >= 0.3 is 5.97 Å². The predicted octanol–water partition coefficient (Wildman–Crippen LogP) is 3.07. The third kappa shape index (κ3) is 2.43. The zero-order valence-electron chi connectivity index (χ0n) is 9.88. The van der Waals surface area contributed by atoms with Crippen molar-refractivity contribution in [2.45, 2.75) is 6.92 Å². The van der Waals surface area contributed by atoms with E-state index in [1.807, 2.05) is 0 Å². The van der Waals surface area contributed by atoms with E-state index in [0.717, 1.165) is 0 Å². The molecule has 0 amide bonds. The number of rotatable bonds is 3. The topological polar surface area (TPSA) is 72.5 Å². The van der Waals surface area contributed by atoms with Gasteiger partial charge in [0.15, 0.2) is 0 Å². The van der Waals surface area contributed by atoms with Crippen molar-refractivity contribution in [2.75, 3.05) is 5.73 Å². The lowest BCUT2D eigenvalue weighted by atomic mass is 10.1. The summed E-state index contributed by atoms with van der Waals surface area (Å²) in [6, 6.07) is 11.9. The highest BCUT2D eigenvalue weighted by atomic mass is 16.5. The number of aromatic carboxylic acids is 1. The number of anilines is 1. The second-order valence-electron chi connectivity index (χ2n) is 3.90. The number of nitrogens with two attached hydrogens (primary N) is 1. The van der Waals surface area contributed by atoms with Crippen LogP contribution in [0.1, 0.15) is 15.9 Å². The Hall–Kier alpha value is -2.49. The van der Waals surface area contributed by atoms with Gasteiger partial charge in [-0.1, -0.05) is 6.07 Å². The van der Waals surface area contributed by atoms with E-state index in [4.69, 9.17) is 15.6 Å². The third-order valence-corrected chi connectivity index (χ3v) is 2.62. The molecule has 0 aromatic heterocycles. The number of ether oxygens (including phenoxy) is 1. The molecular weight excluding hydrogens is 230 g/mol. The molecule has 0 atom stereocenters. The molecule has 0 aliphatic heterocycles. The van der Waals surface area contributed by atoms with E-state index in [-0.39, 0.29) is 5.56 Å². The summed E-state index contributed by atoms with van der Waals surface area (Å²) < 4.78 is 5.64. The van der Waals surface area contributed by atoms with Crippen molar-refractivity contribution in [3.8, 4) is 11.5 Å². The lowest BCUT2D eigenvalue weighted by Gasteiger charge is -2.10. The highest BCUT2D eigenvalue weighted by molar-refractivity contribution is 5.90. The summed E-state index contributed by atoms with van der Waals surface area (Å²) in [7, 11) is 0. The van der Waals surface area contributed by atoms with Crippen molar-refractivity contribution in [2.24, 2.45) is 0 Å². The molecule has 0 heterocycles. The lowest BCUT2D eigenvalue weighted by molar-refractivity contribution is 0.0695. The van der Waals surface area contributed by atoms with Crippen LogP contribution in [0.3, 0.4) is 0 Å². The van der Waals surface area contributed by atoms with Gasteiger partial charge in [-0.2, -0.15) is 0 Å². The molecule has 0 saturated carbocycles. The molecular formula is C14H13NO3. The highest BCUT2D eigenvalue weighted by Crippen LogP contribution is 2.27. The fourth-order valence-corrected chi connectivity index (χ4v) is 1.62. The van der Waals surface area contributed by atoms with Crippen molar-refractivity contribution in [3.05, 3.63) is 53.6 Å². The lowest BCUT2D eigenvalue weighted by Crippen LogP contribution is -2.00. The first-order chi connectivity index (χ1) is 8.58. The first-order valence-electron chi connectivity index (χ1n) is 5.44. The molecule has 0 spiro atoms. The Morgan fingerprint density at radius 1 is 1.17 bits per heavy atom. The first-order valence-corrected chi connectivity index (χ1v) is 5.44. The SMILES string of the molecule is Cc1c(Oc2ccc(N)cc2)cccc1C(=O)O. The fraction of sp³-hybridized carbons (Fsp3) is 0.0714. The zero-order valence-corrected chi connectivity index (χ0v) is 9.88. The van der Waals surface area contributed by atoms with E-state index >= 15 is 0 Å². The molecule has 18 heavy (non-hydrogen) atoms. The summed E-state index contributed by atoms with van der Waals surface area (Å²) in [6.45, 7) is 1.72. The van der Waals surface area contributed by atoms with Crippen LogP contribution < -0.4 is 10.5 Å². The molecule has 0 aliphatic rings. The Bertz CT molecular complexity index is 576. The summed E-state index contributed by atoms with van der Waals surface area (Å²) in [6.07, 6.45) is 0. The third-order valence-electron chi connectivity index (χ3n) is 2.62. The number of carboxylic acid groups (broad SMARTS) is 1. The molecule has 92 valence electrons. The van der Waals surface area contributed by atoms with Crippen LogP contribution in [0.4, 0.5) is 5.69 Å². The molecule has 4 nitrogen and oxygen atoms in total. The Balaban J connectivity index is 2.32. The molecule has 4 heteroatoms. The van der Waals surface area contributed by atoms with Crippen molar-refractivity contribution in [1.82, 2.24) is 0 Å². The van der Waals surface area contributed by atoms with Gasteiger partial charge in [-0.15, -0.1) is 0 Å². The number of nitrogen functional groups attached to an aromatic ring is 1. The van der Waals surface area contributed by atoms with Crippen LogP contribution in [-0.4, -0.2) is 11.1 Å². The van der Waals surface area contributed by atoms with Crippen LogP contribution >= 0.6 is 0 Å². The van der Waals surface area contributed by atoms with Gasteiger partial charge in [-0.3, -0.25) is 0 Å². The Labute approximate surface area is 105 Å². The Kier molecular flexibility index (Phi) is 3.19. The molecule has 2 aromatic carbocycles. The minimum atomic E-state index is -0.963. The van der Waals surface area contributed by atoms with Gasteiger partial charge in [0.1, 0.15) is 11.5 Å². The summed E-state index contributed by atoms with van der Waals surface area (Å²) in [4.78, 5) is 11.0. The maximum absolute atomic E-state index is 11.0. The molecule has 2 aromatic rings. The van der Waals surface area contributed by atoms with Crippen LogP contribution in [0.25, 0.3) is 0 Å². The summed E-state index contributed by atoms with van der Waals surface area (Å²) >= 11 is 0. The maximum atomic E-state index is 11.0. The van der Waals surface area contributed by atoms with E-state index in [1.54, 1.807) is 49.4 Å². The van der Waals surface area contributed by atoms with Crippen LogP contribution in [-0.2, 0) is 0 Å². The van der Waals surface area contributed by atoms with Crippen molar-refractivity contribution < 1.29 is 14.6 Å². The van der Waals surface area contributed by atoms with Gasteiger partial charge in [0.25, 0.3) is 0 Å². The smallest absolute Gasteiger partial charge is 0.336 e. The normalized spacial score (nSPS) is 10.1. The molecule has 0 radical (unpaired) electrons. The van der Waals surface area contributed by atoms with Gasteiger partial charge in [-0.05, 0) is 43.3 Å². The zero-order chi connectivity index (χ0) is 13.1. The fourth-order valence-electron chi connectivity index (χ4n) is 1.62. The van der Waals surface area contributed by atoms with E-state index < -0.39 is 5.97 Å². The van der Waals surface area contributed by atoms with Crippen LogP contribution in [0.2, 0.25) is 0 Å². The van der Waals surface area contributed by atoms with Gasteiger partial charge in [0.2, 0.25) is 0 Å². The van der Waals surface area contributed by atoms with Gasteiger partial charge < -0.3 is 15.6 Å². The predicted molar refractivity (Wildman–Crippen MR) is 69.1 cm³/mol. The van der Waals surface area contributed by atoms with Crippen LogP contribution in [0.15, 0.2) is 42.5 Å². The average Bonchev–Trinajstić information content (AvgIpc) is 2.34. The van der Waals surface area contributed by atoms with Crippen molar-refractivity contribution >= 4 is 11.7 Å². The first kappa shape index (κ1) is 12.0. The molecule has 0 fully saturated rings. The maximum Gasteiger partial charge on any atom is 0.336 e. The molecule has 0 aliphatic carbocycles. The van der Waals surface area contributed by atoms with E-state index in [2.05, 4.69) is 0 Å². The quantitative estimate of drug-likeness (QED) is 0.812. The summed E-state index contributed by atoms with van der Waals surface area (Å²) in [5.74, 6) is 0.185. The van der Waals surface area contributed by atoms with Gasteiger partial charge in [0, 0.05) is 11.3 Å². The second-order valence-corrected chi connectivity index (χ2v) is 3.90. The van der Waals surface area contributed by atoms with Crippen molar-refractivity contribution in [3.63, 3.8) is 0 Å². The van der Waals surface area contributed by atoms with E-state index in [9.17, 15) is 4.79 Å². The molecule has 2 rings (SSSR count). The number of hydrogen-bond donors (Lipinski definition) is 2. The summed E-state index contributed by atoms with van der Waals surface area (Å²) in [5.41, 5.74) is 7.07. The van der Waals surface area contributed by atoms with E-state index in [1.165, 1.54) is 0 Å². The van der Waals surface area contributed by atoms with Crippen LogP contribution in [0.5, 0.6) is 11.5 Å². The Morgan fingerprint density at radius 2 is 1.83 bits per heavy atom. The summed E-state index contributed by atoms with van der Waals surface area (Å²) in [5, 5.41) is 9.02. The minimum absolute atomic E-state index is 0.239. The second kappa shape index (κ2) is 4.79. The Morgan fingerprint density at radius 3 is 2.44 bits per heavy atom. The number of carboxylic acids is 1. The minimum Gasteiger partial charge on any atom is -0.478 e. The van der Waals surface area contributed by atoms with E-state index in [0.29, 0.717) is 22.7 Å². The largest absolute Gasteiger partial charge is 0.478 e. The molecule has 0 saturated heterocycles. The van der Waals surface area contributed by atoms with Gasteiger partial charge in [-0.25, -0.2) is 4.79 Å². The monoisotopic (exact) mass is 243 g/mol. The van der Waals surface area contributed by atoms with Crippen molar-refractivity contribution in [1.29, 1.82) is 0 Å². The number of carbonyl (C=O) groups is 1. The molecule has 3 N–H and O–H groups in total. The average molecular weight is 243 g/mol. The van der Waals surface area contributed by atoms with Crippen LogP contribution in [0, 0.1) is 6.92 Å².